The lowest BCUT2D eigenvalue weighted by Crippen LogP contribution is -2.48. The summed E-state index contributed by atoms with van der Waals surface area (Å²) in [6, 6.07) is 0.799. The minimum Gasteiger partial charge on any atom is -0.394 e. The molecule has 0 N–H and O–H groups in total. The van der Waals surface area contributed by atoms with Gasteiger partial charge in [-0.1, -0.05) is 5.16 Å². The van der Waals surface area contributed by atoms with Gasteiger partial charge in [-0.05, 0) is 24.8 Å². The van der Waals surface area contributed by atoms with Crippen molar-refractivity contribution in [2.45, 2.75) is 25.4 Å². The summed E-state index contributed by atoms with van der Waals surface area (Å²) in [6.07, 6.45) is 0.0858. The number of hydrogen-bond donors (Lipinski definition) is 0. The van der Waals surface area contributed by atoms with Gasteiger partial charge in [-0.25, -0.2) is 0 Å². The summed E-state index contributed by atoms with van der Waals surface area (Å²) in [5.74, 6) is 0.131. The largest absolute Gasteiger partial charge is 0.417 e. The third-order valence-electron chi connectivity index (χ3n) is 3.65. The Hall–Kier alpha value is -2.12. The van der Waals surface area contributed by atoms with E-state index in [2.05, 4.69) is 10.1 Å². The van der Waals surface area contributed by atoms with E-state index in [0.29, 0.717) is 31.3 Å². The smallest absolute Gasteiger partial charge is 0.394 e. The maximum atomic E-state index is 12.9. The van der Waals surface area contributed by atoms with E-state index < -0.39 is 23.2 Å². The number of rotatable bonds is 4. The number of carbonyl (C=O) groups excluding carboxylic acids is 1. The van der Waals surface area contributed by atoms with Crippen LogP contribution >= 0.6 is 0 Å². The predicted octanol–water partition coefficient (Wildman–Crippen LogP) is 2.69. The van der Waals surface area contributed by atoms with Crippen LogP contribution in [0.5, 0.6) is 0 Å². The SMILES string of the molecule is O=C(c1cnccc1C(F)(F)F)N1CCC1=NOCC1CC1. The van der Waals surface area contributed by atoms with Crippen molar-refractivity contribution in [2.75, 3.05) is 13.2 Å². The number of pyridine rings is 1. The number of hydrogen-bond acceptors (Lipinski definition) is 4. The van der Waals surface area contributed by atoms with Crippen LogP contribution in [0.1, 0.15) is 35.2 Å². The third kappa shape index (κ3) is 3.05. The lowest BCUT2D eigenvalue weighted by atomic mass is 10.1. The van der Waals surface area contributed by atoms with Gasteiger partial charge in [0.15, 0.2) is 5.84 Å². The van der Waals surface area contributed by atoms with Gasteiger partial charge in [0.2, 0.25) is 0 Å². The zero-order valence-corrected chi connectivity index (χ0v) is 11.6. The first-order valence-electron chi connectivity index (χ1n) is 6.98. The molecule has 118 valence electrons. The van der Waals surface area contributed by atoms with Crippen LogP contribution in [-0.4, -0.2) is 34.8 Å². The van der Waals surface area contributed by atoms with Crippen molar-refractivity contribution in [1.82, 2.24) is 9.88 Å². The highest BCUT2D eigenvalue weighted by Crippen LogP contribution is 2.33. The number of oxime groups is 1. The molecule has 8 heteroatoms. The zero-order valence-electron chi connectivity index (χ0n) is 11.6. The number of halogens is 3. The zero-order chi connectivity index (χ0) is 15.7. The second-order valence-corrected chi connectivity index (χ2v) is 5.37. The molecule has 1 aromatic heterocycles. The molecule has 2 aliphatic rings. The molecule has 5 nitrogen and oxygen atoms in total. The Bertz CT molecular complexity index is 612. The molecule has 3 rings (SSSR count). The summed E-state index contributed by atoms with van der Waals surface area (Å²) in [5, 5.41) is 3.85. The second kappa shape index (κ2) is 5.58. The summed E-state index contributed by atoms with van der Waals surface area (Å²) in [5.41, 5.74) is -1.46. The van der Waals surface area contributed by atoms with Gasteiger partial charge in [0.1, 0.15) is 6.61 Å². The van der Waals surface area contributed by atoms with Crippen LogP contribution in [0, 0.1) is 5.92 Å². The average Bonchev–Trinajstić information content (AvgIpc) is 3.25. The lowest BCUT2D eigenvalue weighted by Gasteiger charge is -2.32. The summed E-state index contributed by atoms with van der Waals surface area (Å²) < 4.78 is 38.8. The van der Waals surface area contributed by atoms with E-state index in [9.17, 15) is 18.0 Å². The Morgan fingerprint density at radius 2 is 2.23 bits per heavy atom. The maximum Gasteiger partial charge on any atom is 0.417 e. The van der Waals surface area contributed by atoms with Crippen molar-refractivity contribution in [1.29, 1.82) is 0 Å². The van der Waals surface area contributed by atoms with Crippen molar-refractivity contribution in [3.8, 4) is 0 Å². The quantitative estimate of drug-likeness (QED) is 0.803. The number of likely N-dealkylation sites (tertiary alicyclic amines) is 1. The van der Waals surface area contributed by atoms with Crippen LogP contribution in [0.3, 0.4) is 0 Å². The van der Waals surface area contributed by atoms with Gasteiger partial charge >= 0.3 is 6.18 Å². The normalized spacial score (nSPS) is 20.0. The molecule has 2 heterocycles. The molecule has 0 unspecified atom stereocenters. The van der Waals surface area contributed by atoms with E-state index in [1.165, 1.54) is 4.90 Å². The Balaban J connectivity index is 1.73. The summed E-state index contributed by atoms with van der Waals surface area (Å²) >= 11 is 0. The van der Waals surface area contributed by atoms with Crippen molar-refractivity contribution >= 4 is 11.7 Å². The average molecular weight is 313 g/mol. The predicted molar refractivity (Wildman–Crippen MR) is 71.0 cm³/mol. The fourth-order valence-corrected chi connectivity index (χ4v) is 2.10. The molecular weight excluding hydrogens is 299 g/mol. The molecule has 2 fully saturated rings. The van der Waals surface area contributed by atoms with Crippen molar-refractivity contribution in [2.24, 2.45) is 11.1 Å². The van der Waals surface area contributed by atoms with E-state index in [-0.39, 0.29) is 0 Å². The highest BCUT2D eigenvalue weighted by molar-refractivity contribution is 6.09. The first-order valence-corrected chi connectivity index (χ1v) is 6.98. The first-order chi connectivity index (χ1) is 10.5. The Morgan fingerprint density at radius 1 is 1.45 bits per heavy atom. The van der Waals surface area contributed by atoms with Gasteiger partial charge in [-0.2, -0.15) is 13.2 Å². The fourth-order valence-electron chi connectivity index (χ4n) is 2.10. The van der Waals surface area contributed by atoms with E-state index in [1.54, 1.807) is 0 Å². The highest BCUT2D eigenvalue weighted by atomic mass is 19.4. The number of amidine groups is 1. The van der Waals surface area contributed by atoms with Crippen LogP contribution in [-0.2, 0) is 11.0 Å². The van der Waals surface area contributed by atoms with Crippen molar-refractivity contribution < 1.29 is 22.8 Å². The monoisotopic (exact) mass is 313 g/mol. The van der Waals surface area contributed by atoms with Gasteiger partial charge in [0.05, 0.1) is 11.1 Å². The topological polar surface area (TPSA) is 54.8 Å². The maximum absolute atomic E-state index is 12.9. The van der Waals surface area contributed by atoms with E-state index in [0.717, 1.165) is 31.3 Å². The summed E-state index contributed by atoms with van der Waals surface area (Å²) in [7, 11) is 0. The van der Waals surface area contributed by atoms with Gasteiger partial charge in [0.25, 0.3) is 5.91 Å². The second-order valence-electron chi connectivity index (χ2n) is 5.37. The Morgan fingerprint density at radius 3 is 2.82 bits per heavy atom. The molecule has 0 aromatic carbocycles. The Kier molecular flexibility index (Phi) is 3.76. The molecule has 1 aromatic rings. The third-order valence-corrected chi connectivity index (χ3v) is 3.65. The molecule has 0 radical (unpaired) electrons. The molecule has 1 amide bonds. The van der Waals surface area contributed by atoms with Crippen molar-refractivity contribution in [3.05, 3.63) is 29.6 Å². The molecule has 1 saturated heterocycles. The molecule has 1 aliphatic heterocycles. The van der Waals surface area contributed by atoms with Gasteiger partial charge in [-0.15, -0.1) is 0 Å². The van der Waals surface area contributed by atoms with E-state index in [1.807, 2.05) is 0 Å². The van der Waals surface area contributed by atoms with Gasteiger partial charge in [0, 0.05) is 25.4 Å². The molecule has 0 bridgehead atoms. The first kappa shape index (κ1) is 14.8. The standard InChI is InChI=1S/C14H14F3N3O2/c15-14(16,17)11-3-5-18-7-10(11)13(21)20-6-4-12(20)19-22-8-9-1-2-9/h3,5,7,9H,1-2,4,6,8H2. The summed E-state index contributed by atoms with van der Waals surface area (Å²) in [6.45, 7) is 0.822. The number of nitrogens with zero attached hydrogens (tertiary/aromatic N) is 3. The Labute approximate surface area is 124 Å². The van der Waals surface area contributed by atoms with E-state index >= 15 is 0 Å². The van der Waals surface area contributed by atoms with Crippen LogP contribution < -0.4 is 0 Å². The molecule has 22 heavy (non-hydrogen) atoms. The van der Waals surface area contributed by atoms with E-state index in [4.69, 9.17) is 4.84 Å². The van der Waals surface area contributed by atoms with Gasteiger partial charge < -0.3 is 4.84 Å². The number of carbonyl (C=O) groups is 1. The van der Waals surface area contributed by atoms with Crippen LogP contribution in [0.2, 0.25) is 0 Å². The fraction of sp³-hybridized carbons (Fsp3) is 0.500. The molecule has 1 saturated carbocycles. The van der Waals surface area contributed by atoms with Crippen LogP contribution in [0.4, 0.5) is 13.2 Å². The molecule has 0 spiro atoms. The number of aromatic nitrogens is 1. The highest BCUT2D eigenvalue weighted by Gasteiger charge is 2.39. The number of alkyl halides is 3. The van der Waals surface area contributed by atoms with Crippen LogP contribution in [0.15, 0.2) is 23.6 Å². The minimum atomic E-state index is -4.60. The molecular formula is C14H14F3N3O2. The van der Waals surface area contributed by atoms with Gasteiger partial charge in [-0.3, -0.25) is 14.7 Å². The lowest BCUT2D eigenvalue weighted by molar-refractivity contribution is -0.138. The van der Waals surface area contributed by atoms with Crippen LogP contribution in [0.25, 0.3) is 0 Å². The number of amides is 1. The molecule has 0 atom stereocenters. The van der Waals surface area contributed by atoms with Crippen molar-refractivity contribution in [3.63, 3.8) is 0 Å². The minimum absolute atomic E-state index is 0.330. The molecule has 1 aliphatic carbocycles. The summed E-state index contributed by atoms with van der Waals surface area (Å²) in [4.78, 5) is 22.2.